The van der Waals surface area contributed by atoms with Gasteiger partial charge in [-0.2, -0.15) is 5.10 Å². The lowest BCUT2D eigenvalue weighted by molar-refractivity contribution is -0.119. The number of carbonyl (C=O) groups excluding carboxylic acids is 1. The molecule has 1 atom stereocenters. The third-order valence-corrected chi connectivity index (χ3v) is 4.10. The molecule has 0 aromatic carbocycles. The van der Waals surface area contributed by atoms with Crippen LogP contribution >= 0.6 is 15.9 Å². The van der Waals surface area contributed by atoms with Crippen molar-refractivity contribution < 1.29 is 9.53 Å². The summed E-state index contributed by atoms with van der Waals surface area (Å²) in [6.45, 7) is 2.51. The van der Waals surface area contributed by atoms with Gasteiger partial charge in [-0.1, -0.05) is 0 Å². The molecule has 0 aliphatic carbocycles. The normalized spacial score (nSPS) is 18.8. The van der Waals surface area contributed by atoms with E-state index in [4.69, 9.17) is 10.5 Å². The van der Waals surface area contributed by atoms with Gasteiger partial charge in [-0.25, -0.2) is 4.68 Å². The average Bonchev–Trinajstić information content (AvgIpc) is 2.49. The van der Waals surface area contributed by atoms with Gasteiger partial charge in [-0.15, -0.1) is 0 Å². The highest BCUT2D eigenvalue weighted by Gasteiger charge is 2.29. The summed E-state index contributed by atoms with van der Waals surface area (Å²) in [7, 11) is 1.56. The van der Waals surface area contributed by atoms with Crippen LogP contribution in [0.1, 0.15) is 0 Å². The number of piperazine rings is 1. The molecule has 21 heavy (non-hydrogen) atoms. The van der Waals surface area contributed by atoms with Crippen molar-refractivity contribution in [3.63, 3.8) is 0 Å². The minimum absolute atomic E-state index is 0.258. The van der Waals surface area contributed by atoms with E-state index in [0.717, 1.165) is 0 Å². The van der Waals surface area contributed by atoms with Crippen molar-refractivity contribution in [1.82, 2.24) is 15.1 Å². The highest BCUT2D eigenvalue weighted by molar-refractivity contribution is 9.10. The van der Waals surface area contributed by atoms with Crippen molar-refractivity contribution in [2.75, 3.05) is 38.3 Å². The topological polar surface area (TPSA) is 102 Å². The molecule has 9 heteroatoms. The van der Waals surface area contributed by atoms with Gasteiger partial charge in [0.2, 0.25) is 5.91 Å². The van der Waals surface area contributed by atoms with Crippen LogP contribution < -0.4 is 21.5 Å². The fourth-order valence-corrected chi connectivity index (χ4v) is 2.78. The van der Waals surface area contributed by atoms with E-state index in [1.54, 1.807) is 18.2 Å². The van der Waals surface area contributed by atoms with Crippen LogP contribution in [0.25, 0.3) is 0 Å². The van der Waals surface area contributed by atoms with Gasteiger partial charge >= 0.3 is 0 Å². The maximum absolute atomic E-state index is 12.3. The maximum Gasteiger partial charge on any atom is 0.283 e. The molecule has 3 N–H and O–H groups in total. The Morgan fingerprint density at radius 2 is 2.43 bits per heavy atom. The number of rotatable bonds is 5. The molecular formula is C12H18BrN5O3. The highest BCUT2D eigenvalue weighted by Crippen LogP contribution is 2.24. The number of aromatic nitrogens is 2. The summed E-state index contributed by atoms with van der Waals surface area (Å²) in [4.78, 5) is 25.6. The monoisotopic (exact) mass is 359 g/mol. The Morgan fingerprint density at radius 3 is 3.10 bits per heavy atom. The van der Waals surface area contributed by atoms with Crippen molar-refractivity contribution in [3.05, 3.63) is 21.0 Å². The fraction of sp³-hybridized carbons (Fsp3) is 0.583. The van der Waals surface area contributed by atoms with Gasteiger partial charge in [-0.05, 0) is 15.9 Å². The maximum atomic E-state index is 12.3. The number of nitrogens with zero attached hydrogens (tertiary/aromatic N) is 3. The molecule has 0 bridgehead atoms. The Morgan fingerprint density at radius 1 is 1.67 bits per heavy atom. The zero-order valence-corrected chi connectivity index (χ0v) is 13.3. The number of hydrogen-bond donors (Lipinski definition) is 2. The minimum atomic E-state index is -0.494. The number of halogens is 1. The first-order valence-corrected chi connectivity index (χ1v) is 7.36. The van der Waals surface area contributed by atoms with Crippen molar-refractivity contribution in [2.45, 2.75) is 12.6 Å². The molecule has 2 heterocycles. The fourth-order valence-electron chi connectivity index (χ4n) is 2.24. The van der Waals surface area contributed by atoms with Crippen molar-refractivity contribution in [3.8, 4) is 0 Å². The summed E-state index contributed by atoms with van der Waals surface area (Å²) < 4.78 is 6.64. The molecule has 8 nitrogen and oxygen atoms in total. The summed E-state index contributed by atoms with van der Waals surface area (Å²) >= 11 is 3.31. The predicted octanol–water partition coefficient (Wildman–Crippen LogP) is -1.08. The smallest absolute Gasteiger partial charge is 0.283 e. The van der Waals surface area contributed by atoms with Crippen LogP contribution in [-0.4, -0.2) is 55.1 Å². The number of hydrogen-bond acceptors (Lipinski definition) is 6. The Balaban J connectivity index is 2.33. The minimum Gasteiger partial charge on any atom is -0.383 e. The second kappa shape index (κ2) is 7.01. The Hall–Kier alpha value is -1.45. The zero-order valence-electron chi connectivity index (χ0n) is 11.7. The molecule has 1 aliphatic rings. The zero-order chi connectivity index (χ0) is 15.4. The highest BCUT2D eigenvalue weighted by atomic mass is 79.9. The van der Waals surface area contributed by atoms with Gasteiger partial charge < -0.3 is 20.7 Å². The van der Waals surface area contributed by atoms with E-state index in [-0.39, 0.29) is 5.56 Å². The molecule has 1 fully saturated rings. The van der Waals surface area contributed by atoms with E-state index in [2.05, 4.69) is 26.3 Å². The van der Waals surface area contributed by atoms with Crippen LogP contribution in [0.5, 0.6) is 0 Å². The third kappa shape index (κ3) is 3.42. The first-order chi connectivity index (χ1) is 10.1. The van der Waals surface area contributed by atoms with E-state index in [9.17, 15) is 9.59 Å². The Kier molecular flexibility index (Phi) is 5.32. The number of anilines is 1. The standard InChI is InChI=1S/C12H18BrN5O3/c1-21-5-4-18-12(20)10(13)8(7-16-18)17-3-2-15-6-9(17)11(14)19/h7,9,15H,2-6H2,1H3,(H2,14,19). The first-order valence-electron chi connectivity index (χ1n) is 6.57. The van der Waals surface area contributed by atoms with Crippen LogP contribution in [0.15, 0.2) is 15.5 Å². The molecule has 1 unspecified atom stereocenters. The van der Waals surface area contributed by atoms with Gasteiger partial charge in [0.25, 0.3) is 5.56 Å². The van der Waals surface area contributed by atoms with Crippen LogP contribution in [-0.2, 0) is 16.1 Å². The van der Waals surface area contributed by atoms with Crippen LogP contribution in [0.3, 0.4) is 0 Å². The summed E-state index contributed by atoms with van der Waals surface area (Å²) in [6.07, 6.45) is 1.57. The van der Waals surface area contributed by atoms with E-state index >= 15 is 0 Å². The average molecular weight is 360 g/mol. The van der Waals surface area contributed by atoms with Gasteiger partial charge in [0.1, 0.15) is 10.5 Å². The lowest BCUT2D eigenvalue weighted by Gasteiger charge is -2.36. The van der Waals surface area contributed by atoms with Crippen molar-refractivity contribution in [2.24, 2.45) is 5.73 Å². The van der Waals surface area contributed by atoms with Gasteiger partial charge in [0, 0.05) is 26.7 Å². The number of nitrogens with two attached hydrogens (primary N) is 1. The SMILES string of the molecule is COCCn1ncc(N2CCNCC2C(N)=O)c(Br)c1=O. The van der Waals surface area contributed by atoms with E-state index in [1.807, 2.05) is 0 Å². The first kappa shape index (κ1) is 15.9. The summed E-state index contributed by atoms with van der Waals surface area (Å²) in [5.74, 6) is -0.433. The molecule has 0 saturated carbocycles. The Bertz CT molecular complexity index is 577. The van der Waals surface area contributed by atoms with Gasteiger partial charge in [0.05, 0.1) is 25.0 Å². The third-order valence-electron chi connectivity index (χ3n) is 3.35. The number of ether oxygens (including phenoxy) is 1. The number of carbonyl (C=O) groups is 1. The largest absolute Gasteiger partial charge is 0.383 e. The number of amides is 1. The molecule has 116 valence electrons. The van der Waals surface area contributed by atoms with E-state index < -0.39 is 11.9 Å². The molecule has 1 aromatic rings. The van der Waals surface area contributed by atoms with Crippen molar-refractivity contribution in [1.29, 1.82) is 0 Å². The van der Waals surface area contributed by atoms with Crippen LogP contribution in [0.2, 0.25) is 0 Å². The van der Waals surface area contributed by atoms with Crippen LogP contribution in [0.4, 0.5) is 5.69 Å². The van der Waals surface area contributed by atoms with Gasteiger partial charge in [-0.3, -0.25) is 9.59 Å². The van der Waals surface area contributed by atoms with E-state index in [1.165, 1.54) is 4.68 Å². The second-order valence-electron chi connectivity index (χ2n) is 4.68. The van der Waals surface area contributed by atoms with Crippen molar-refractivity contribution >= 4 is 27.5 Å². The summed E-state index contributed by atoms with van der Waals surface area (Å²) in [5.41, 5.74) is 5.75. The number of nitrogens with one attached hydrogen (secondary N) is 1. The summed E-state index contributed by atoms with van der Waals surface area (Å²) in [5, 5.41) is 7.24. The van der Waals surface area contributed by atoms with E-state index in [0.29, 0.717) is 42.9 Å². The molecule has 1 aliphatic heterocycles. The summed E-state index contributed by atoms with van der Waals surface area (Å²) in [6, 6.07) is -0.494. The molecule has 1 saturated heterocycles. The second-order valence-corrected chi connectivity index (χ2v) is 5.47. The van der Waals surface area contributed by atoms with Gasteiger partial charge in [0.15, 0.2) is 0 Å². The quantitative estimate of drug-likeness (QED) is 0.692. The molecule has 1 aromatic heterocycles. The number of methoxy groups -OCH3 is 1. The molecule has 1 amide bonds. The predicted molar refractivity (Wildman–Crippen MR) is 81.3 cm³/mol. The molecule has 2 rings (SSSR count). The molecular weight excluding hydrogens is 342 g/mol. The molecule has 0 radical (unpaired) electrons. The van der Waals surface area contributed by atoms with Crippen LogP contribution in [0, 0.1) is 0 Å². The lowest BCUT2D eigenvalue weighted by Crippen LogP contribution is -2.57. The molecule has 0 spiro atoms. The number of primary amides is 1. The lowest BCUT2D eigenvalue weighted by atomic mass is 10.1. The Labute approximate surface area is 130 Å².